The molecule has 2 heterocycles. The topological polar surface area (TPSA) is 82.5 Å². The molecule has 1 fully saturated rings. The van der Waals surface area contributed by atoms with Crippen molar-refractivity contribution >= 4 is 44.5 Å². The molecule has 1 aromatic heterocycles. The molecule has 0 spiro atoms. The summed E-state index contributed by atoms with van der Waals surface area (Å²) in [6, 6.07) is 8.67. The highest BCUT2D eigenvalue weighted by atomic mass is 79.9. The van der Waals surface area contributed by atoms with Crippen molar-refractivity contribution in [3.05, 3.63) is 69.2 Å². The Kier molecular flexibility index (Phi) is 8.18. The Morgan fingerprint density at radius 3 is 2.61 bits per heavy atom. The second kappa shape index (κ2) is 11.3. The molecule has 1 atom stereocenters. The molecule has 1 saturated heterocycles. The van der Waals surface area contributed by atoms with E-state index in [0.29, 0.717) is 16.5 Å². The monoisotopic (exact) mass is 559 g/mol. The Labute approximate surface area is 216 Å². The summed E-state index contributed by atoms with van der Waals surface area (Å²) in [7, 11) is 0. The molecular formula is C27H28BrF2N3O3. The van der Waals surface area contributed by atoms with Gasteiger partial charge in [-0.15, -0.1) is 0 Å². The second-order valence-corrected chi connectivity index (χ2v) is 10.1. The standard InChI is InChI=1S/C27H28BrF2N3O3/c1-16-25(21-13-18(28)6-9-23(21)32-26(16)33-11-3-2-4-12-33)27(36)31-15-17(5-10-24(34)35)20-14-19(29)7-8-22(20)30/h6-9,13-14,17H,2-5,10-12,15H2,1H3,(H,31,36)(H,34,35). The fourth-order valence-corrected chi connectivity index (χ4v) is 5.18. The number of carbonyl (C=O) groups is 2. The molecular weight excluding hydrogens is 532 g/mol. The number of carboxylic acids is 1. The van der Waals surface area contributed by atoms with Crippen LogP contribution in [0.5, 0.6) is 0 Å². The number of hydrogen-bond donors (Lipinski definition) is 2. The van der Waals surface area contributed by atoms with E-state index in [2.05, 4.69) is 26.1 Å². The number of carboxylic acid groups (broad SMARTS) is 1. The minimum atomic E-state index is -1.05. The van der Waals surface area contributed by atoms with Gasteiger partial charge in [-0.1, -0.05) is 15.9 Å². The molecule has 1 aliphatic rings. The van der Waals surface area contributed by atoms with Crippen LogP contribution in [0.4, 0.5) is 14.6 Å². The van der Waals surface area contributed by atoms with Gasteiger partial charge in [-0.05, 0) is 74.6 Å². The quantitative estimate of drug-likeness (QED) is 0.356. The highest BCUT2D eigenvalue weighted by molar-refractivity contribution is 9.10. The molecule has 190 valence electrons. The van der Waals surface area contributed by atoms with Crippen molar-refractivity contribution in [2.45, 2.75) is 44.9 Å². The zero-order valence-corrected chi connectivity index (χ0v) is 21.6. The fourth-order valence-electron chi connectivity index (χ4n) is 4.82. The van der Waals surface area contributed by atoms with Crippen LogP contribution in [-0.2, 0) is 4.79 Å². The molecule has 36 heavy (non-hydrogen) atoms. The van der Waals surface area contributed by atoms with Crippen molar-refractivity contribution < 1.29 is 23.5 Å². The Balaban J connectivity index is 1.68. The van der Waals surface area contributed by atoms with Crippen LogP contribution in [0.25, 0.3) is 10.9 Å². The fraction of sp³-hybridized carbons (Fsp3) is 0.370. The first kappa shape index (κ1) is 26.0. The minimum absolute atomic E-state index is 0.0389. The molecule has 0 bridgehead atoms. The first-order valence-corrected chi connectivity index (χ1v) is 12.8. The number of rotatable bonds is 8. The van der Waals surface area contributed by atoms with Crippen molar-refractivity contribution in [1.29, 1.82) is 0 Å². The predicted octanol–water partition coefficient (Wildman–Crippen LogP) is 5.95. The van der Waals surface area contributed by atoms with E-state index < -0.39 is 23.5 Å². The maximum Gasteiger partial charge on any atom is 0.303 e. The van der Waals surface area contributed by atoms with Crippen molar-refractivity contribution in [1.82, 2.24) is 10.3 Å². The summed E-state index contributed by atoms with van der Waals surface area (Å²) >= 11 is 3.47. The first-order chi connectivity index (χ1) is 17.2. The highest BCUT2D eigenvalue weighted by Gasteiger charge is 2.24. The number of hydrogen-bond acceptors (Lipinski definition) is 4. The summed E-state index contributed by atoms with van der Waals surface area (Å²) in [5.74, 6) is -2.60. The number of aromatic nitrogens is 1. The van der Waals surface area contributed by atoms with Gasteiger partial charge in [0.25, 0.3) is 5.91 Å². The summed E-state index contributed by atoms with van der Waals surface area (Å²) < 4.78 is 29.2. The number of amides is 1. The highest BCUT2D eigenvalue weighted by Crippen LogP contribution is 2.32. The van der Waals surface area contributed by atoms with Gasteiger partial charge in [-0.3, -0.25) is 9.59 Å². The molecule has 0 saturated carbocycles. The predicted molar refractivity (Wildman–Crippen MR) is 139 cm³/mol. The van der Waals surface area contributed by atoms with Crippen molar-refractivity contribution in [3.8, 4) is 0 Å². The lowest BCUT2D eigenvalue weighted by Crippen LogP contribution is -2.33. The van der Waals surface area contributed by atoms with Crippen LogP contribution in [0.2, 0.25) is 0 Å². The van der Waals surface area contributed by atoms with Gasteiger partial charge >= 0.3 is 5.97 Å². The van der Waals surface area contributed by atoms with Crippen LogP contribution in [0.3, 0.4) is 0 Å². The molecule has 1 unspecified atom stereocenters. The van der Waals surface area contributed by atoms with E-state index in [4.69, 9.17) is 10.1 Å². The van der Waals surface area contributed by atoms with E-state index in [1.165, 1.54) is 0 Å². The smallest absolute Gasteiger partial charge is 0.303 e. The summed E-state index contributed by atoms with van der Waals surface area (Å²) in [5, 5.41) is 12.7. The van der Waals surface area contributed by atoms with Crippen LogP contribution in [-0.4, -0.2) is 41.6 Å². The lowest BCUT2D eigenvalue weighted by molar-refractivity contribution is -0.137. The molecule has 0 radical (unpaired) electrons. The van der Waals surface area contributed by atoms with Crippen LogP contribution in [0, 0.1) is 18.6 Å². The summed E-state index contributed by atoms with van der Waals surface area (Å²) in [6.07, 6.45) is 3.10. The first-order valence-electron chi connectivity index (χ1n) is 12.0. The van der Waals surface area contributed by atoms with Gasteiger partial charge in [0.05, 0.1) is 11.1 Å². The number of aliphatic carboxylic acids is 1. The van der Waals surface area contributed by atoms with Gasteiger partial charge in [0.15, 0.2) is 0 Å². The van der Waals surface area contributed by atoms with Crippen molar-refractivity contribution in [2.75, 3.05) is 24.5 Å². The normalized spacial score (nSPS) is 14.6. The van der Waals surface area contributed by atoms with E-state index in [0.717, 1.165) is 66.4 Å². The Hall–Kier alpha value is -3.07. The molecule has 0 aliphatic carbocycles. The summed E-state index contributed by atoms with van der Waals surface area (Å²) in [4.78, 5) is 31.8. The van der Waals surface area contributed by atoms with E-state index in [1.807, 2.05) is 25.1 Å². The van der Waals surface area contributed by atoms with E-state index in [-0.39, 0.29) is 30.9 Å². The second-order valence-electron chi connectivity index (χ2n) is 9.15. The zero-order valence-electron chi connectivity index (χ0n) is 20.0. The molecule has 4 rings (SSSR count). The van der Waals surface area contributed by atoms with Crippen LogP contribution < -0.4 is 10.2 Å². The van der Waals surface area contributed by atoms with Gasteiger partial charge in [0, 0.05) is 47.4 Å². The van der Waals surface area contributed by atoms with Gasteiger partial charge in [-0.2, -0.15) is 0 Å². The molecule has 1 amide bonds. The molecule has 3 aromatic rings. The molecule has 9 heteroatoms. The lowest BCUT2D eigenvalue weighted by atomic mass is 9.93. The number of carbonyl (C=O) groups excluding carboxylic acids is 1. The summed E-state index contributed by atoms with van der Waals surface area (Å²) in [6.45, 7) is 3.57. The maximum absolute atomic E-state index is 14.5. The third-order valence-corrected chi connectivity index (χ3v) is 7.15. The van der Waals surface area contributed by atoms with E-state index in [1.54, 1.807) is 0 Å². The Morgan fingerprint density at radius 1 is 1.14 bits per heavy atom. The number of pyridine rings is 1. The van der Waals surface area contributed by atoms with Gasteiger partial charge in [0.1, 0.15) is 17.5 Å². The Morgan fingerprint density at radius 2 is 1.89 bits per heavy atom. The number of halogens is 3. The van der Waals surface area contributed by atoms with Gasteiger partial charge in [-0.25, -0.2) is 13.8 Å². The van der Waals surface area contributed by atoms with Crippen LogP contribution in [0.1, 0.15) is 59.5 Å². The van der Waals surface area contributed by atoms with Gasteiger partial charge < -0.3 is 15.3 Å². The van der Waals surface area contributed by atoms with Crippen LogP contribution >= 0.6 is 15.9 Å². The summed E-state index contributed by atoms with van der Waals surface area (Å²) in [5.41, 5.74) is 1.95. The SMILES string of the molecule is Cc1c(N2CCCCC2)nc2ccc(Br)cc2c1C(=O)NCC(CCC(=O)O)c1cc(F)ccc1F. The molecule has 6 nitrogen and oxygen atoms in total. The van der Waals surface area contributed by atoms with Gasteiger partial charge in [0.2, 0.25) is 0 Å². The number of nitrogens with one attached hydrogen (secondary N) is 1. The third kappa shape index (κ3) is 5.83. The maximum atomic E-state index is 14.5. The van der Waals surface area contributed by atoms with Crippen LogP contribution in [0.15, 0.2) is 40.9 Å². The number of anilines is 1. The lowest BCUT2D eigenvalue weighted by Gasteiger charge is -2.30. The zero-order chi connectivity index (χ0) is 25.8. The number of benzene rings is 2. The number of nitrogens with zero attached hydrogens (tertiary/aromatic N) is 2. The average Bonchev–Trinajstić information content (AvgIpc) is 2.85. The largest absolute Gasteiger partial charge is 0.481 e. The molecule has 1 aliphatic heterocycles. The van der Waals surface area contributed by atoms with Crippen molar-refractivity contribution in [3.63, 3.8) is 0 Å². The Bertz CT molecular complexity index is 1290. The third-order valence-electron chi connectivity index (χ3n) is 6.66. The minimum Gasteiger partial charge on any atom is -0.481 e. The molecule has 2 N–H and O–H groups in total. The number of fused-ring (bicyclic) bond motifs is 1. The average molecular weight is 560 g/mol. The van der Waals surface area contributed by atoms with E-state index in [9.17, 15) is 18.4 Å². The molecule has 2 aromatic carbocycles. The van der Waals surface area contributed by atoms with Crippen molar-refractivity contribution in [2.24, 2.45) is 0 Å². The number of piperidine rings is 1. The van der Waals surface area contributed by atoms with E-state index >= 15 is 0 Å².